The van der Waals surface area contributed by atoms with E-state index in [2.05, 4.69) is 43.8 Å². The molecule has 2 aromatic carbocycles. The van der Waals surface area contributed by atoms with Crippen LogP contribution in [0.2, 0.25) is 0 Å². The number of hydrogen-bond donors (Lipinski definition) is 1. The summed E-state index contributed by atoms with van der Waals surface area (Å²) in [4.78, 5) is 12.3. The molecule has 1 N–H and O–H groups in total. The fourth-order valence-electron chi connectivity index (χ4n) is 1.89. The van der Waals surface area contributed by atoms with Gasteiger partial charge in [-0.05, 0) is 65.1 Å². The lowest BCUT2D eigenvalue weighted by atomic mass is 10.1. The molecule has 0 unspecified atom stereocenters. The van der Waals surface area contributed by atoms with Crippen molar-refractivity contribution in [3.63, 3.8) is 0 Å². The van der Waals surface area contributed by atoms with Gasteiger partial charge in [0.1, 0.15) is 17.4 Å². The number of methoxy groups -OCH3 is 1. The summed E-state index contributed by atoms with van der Waals surface area (Å²) in [5.41, 5.74) is 1.29. The van der Waals surface area contributed by atoms with Gasteiger partial charge in [0, 0.05) is 19.3 Å². The second kappa shape index (κ2) is 8.13. The van der Waals surface area contributed by atoms with Gasteiger partial charge in [-0.1, -0.05) is 22.0 Å². The molecular weight excluding hydrogens is 471 g/mol. The standard InChI is InChI=1S/C17H12BrIN2O2/c1-23-16-6-5-13(18)8-11(16)7-12(10-20)17(22)21-15-4-2-3-14(19)9-15/h2-9H,1H3,(H,21,22)/b12-7+. The first kappa shape index (κ1) is 17.5. The first-order chi connectivity index (χ1) is 11.0. The van der Waals surface area contributed by atoms with Crippen molar-refractivity contribution in [3.05, 3.63) is 61.6 Å². The number of nitrogens with zero attached hydrogens (tertiary/aromatic N) is 1. The predicted molar refractivity (Wildman–Crippen MR) is 102 cm³/mol. The van der Waals surface area contributed by atoms with Gasteiger partial charge >= 0.3 is 0 Å². The number of halogens is 2. The minimum absolute atomic E-state index is 0.000242. The minimum atomic E-state index is -0.462. The van der Waals surface area contributed by atoms with Gasteiger partial charge in [0.2, 0.25) is 0 Å². The lowest BCUT2D eigenvalue weighted by Gasteiger charge is -2.07. The molecule has 0 aliphatic carbocycles. The molecule has 1 amide bonds. The van der Waals surface area contributed by atoms with Crippen LogP contribution in [0.15, 0.2) is 52.5 Å². The third-order valence-corrected chi connectivity index (χ3v) is 4.10. The van der Waals surface area contributed by atoms with Crippen LogP contribution in [-0.2, 0) is 4.79 Å². The van der Waals surface area contributed by atoms with E-state index in [0.717, 1.165) is 8.04 Å². The lowest BCUT2D eigenvalue weighted by molar-refractivity contribution is -0.112. The Labute approximate surface area is 156 Å². The molecule has 2 rings (SSSR count). The highest BCUT2D eigenvalue weighted by atomic mass is 127. The summed E-state index contributed by atoms with van der Waals surface area (Å²) in [5, 5.41) is 12.0. The fourth-order valence-corrected chi connectivity index (χ4v) is 2.81. The van der Waals surface area contributed by atoms with E-state index in [-0.39, 0.29) is 5.57 Å². The average Bonchev–Trinajstić information content (AvgIpc) is 2.52. The maximum atomic E-state index is 12.3. The van der Waals surface area contributed by atoms with E-state index in [1.807, 2.05) is 30.3 Å². The number of carbonyl (C=O) groups is 1. The molecule has 23 heavy (non-hydrogen) atoms. The van der Waals surface area contributed by atoms with Crippen LogP contribution in [0.5, 0.6) is 5.75 Å². The SMILES string of the molecule is COc1ccc(Br)cc1/C=C(\C#N)C(=O)Nc1cccc(I)c1. The Morgan fingerprint density at radius 2 is 2.13 bits per heavy atom. The third-order valence-electron chi connectivity index (χ3n) is 2.94. The van der Waals surface area contributed by atoms with E-state index in [0.29, 0.717) is 17.0 Å². The van der Waals surface area contributed by atoms with Crippen LogP contribution >= 0.6 is 38.5 Å². The third kappa shape index (κ3) is 4.81. The molecular formula is C17H12BrIN2O2. The average molecular weight is 483 g/mol. The van der Waals surface area contributed by atoms with Gasteiger partial charge < -0.3 is 10.1 Å². The minimum Gasteiger partial charge on any atom is -0.496 e. The summed E-state index contributed by atoms with van der Waals surface area (Å²) in [6.45, 7) is 0. The number of hydrogen-bond acceptors (Lipinski definition) is 3. The highest BCUT2D eigenvalue weighted by molar-refractivity contribution is 14.1. The number of nitrogens with one attached hydrogen (secondary N) is 1. The summed E-state index contributed by atoms with van der Waals surface area (Å²) in [5.74, 6) is 0.125. The number of amides is 1. The summed E-state index contributed by atoms with van der Waals surface area (Å²) in [6.07, 6.45) is 1.51. The Balaban J connectivity index is 2.30. The molecule has 0 heterocycles. The van der Waals surface area contributed by atoms with Gasteiger partial charge in [-0.3, -0.25) is 4.79 Å². The van der Waals surface area contributed by atoms with E-state index in [1.54, 1.807) is 25.3 Å². The molecule has 116 valence electrons. The van der Waals surface area contributed by atoms with Gasteiger partial charge in [-0.15, -0.1) is 0 Å². The van der Waals surface area contributed by atoms with Crippen molar-refractivity contribution < 1.29 is 9.53 Å². The molecule has 0 aliphatic rings. The topological polar surface area (TPSA) is 62.1 Å². The molecule has 0 saturated carbocycles. The monoisotopic (exact) mass is 482 g/mol. The zero-order valence-electron chi connectivity index (χ0n) is 12.1. The first-order valence-electron chi connectivity index (χ1n) is 6.55. The van der Waals surface area contributed by atoms with Crippen LogP contribution in [0, 0.1) is 14.9 Å². The number of carbonyl (C=O) groups excluding carboxylic acids is 1. The number of nitriles is 1. The van der Waals surface area contributed by atoms with Crippen molar-refractivity contribution in [1.29, 1.82) is 5.26 Å². The molecule has 0 aromatic heterocycles. The number of ether oxygens (including phenoxy) is 1. The predicted octanol–water partition coefficient (Wildman–Crippen LogP) is 4.61. The van der Waals surface area contributed by atoms with Crippen LogP contribution in [0.3, 0.4) is 0 Å². The van der Waals surface area contributed by atoms with Crippen LogP contribution in [0.4, 0.5) is 5.69 Å². The Bertz CT molecular complexity index is 812. The van der Waals surface area contributed by atoms with Gasteiger partial charge in [0.15, 0.2) is 0 Å². The van der Waals surface area contributed by atoms with E-state index in [4.69, 9.17) is 4.74 Å². The summed E-state index contributed by atoms with van der Waals surface area (Å²) in [7, 11) is 1.54. The molecule has 0 bridgehead atoms. The smallest absolute Gasteiger partial charge is 0.266 e. The first-order valence-corrected chi connectivity index (χ1v) is 8.43. The van der Waals surface area contributed by atoms with E-state index >= 15 is 0 Å². The molecule has 6 heteroatoms. The maximum absolute atomic E-state index is 12.3. The molecule has 0 saturated heterocycles. The zero-order valence-corrected chi connectivity index (χ0v) is 15.9. The van der Waals surface area contributed by atoms with Crippen molar-refractivity contribution in [2.45, 2.75) is 0 Å². The normalized spacial score (nSPS) is 10.8. The second-order valence-corrected chi connectivity index (χ2v) is 6.68. The Hall–Kier alpha value is -1.85. The highest BCUT2D eigenvalue weighted by Crippen LogP contribution is 2.25. The fraction of sp³-hybridized carbons (Fsp3) is 0.0588. The number of benzene rings is 2. The van der Waals surface area contributed by atoms with Gasteiger partial charge in [0.25, 0.3) is 5.91 Å². The van der Waals surface area contributed by atoms with Crippen molar-refractivity contribution in [2.24, 2.45) is 0 Å². The molecule has 0 radical (unpaired) electrons. The molecule has 0 atom stereocenters. The zero-order chi connectivity index (χ0) is 16.8. The molecule has 4 nitrogen and oxygen atoms in total. The largest absolute Gasteiger partial charge is 0.496 e. The Morgan fingerprint density at radius 3 is 2.78 bits per heavy atom. The van der Waals surface area contributed by atoms with Crippen molar-refractivity contribution >= 4 is 56.2 Å². The Kier molecular flexibility index (Phi) is 6.19. The molecule has 2 aromatic rings. The number of anilines is 1. The van der Waals surface area contributed by atoms with Crippen LogP contribution in [-0.4, -0.2) is 13.0 Å². The lowest BCUT2D eigenvalue weighted by Crippen LogP contribution is -2.13. The van der Waals surface area contributed by atoms with E-state index < -0.39 is 5.91 Å². The van der Waals surface area contributed by atoms with Crippen LogP contribution in [0.25, 0.3) is 6.08 Å². The molecule has 0 aliphatic heterocycles. The quantitative estimate of drug-likeness (QED) is 0.393. The van der Waals surface area contributed by atoms with E-state index in [9.17, 15) is 10.1 Å². The van der Waals surface area contributed by atoms with Gasteiger partial charge in [-0.25, -0.2) is 0 Å². The highest BCUT2D eigenvalue weighted by Gasteiger charge is 2.11. The van der Waals surface area contributed by atoms with Gasteiger partial charge in [0.05, 0.1) is 7.11 Å². The van der Waals surface area contributed by atoms with Crippen molar-refractivity contribution in [3.8, 4) is 11.8 Å². The molecule has 0 fully saturated rings. The van der Waals surface area contributed by atoms with Gasteiger partial charge in [-0.2, -0.15) is 5.26 Å². The second-order valence-electron chi connectivity index (χ2n) is 4.52. The number of rotatable bonds is 4. The summed E-state index contributed by atoms with van der Waals surface area (Å²) in [6, 6.07) is 14.7. The summed E-state index contributed by atoms with van der Waals surface area (Å²) >= 11 is 5.52. The van der Waals surface area contributed by atoms with Crippen LogP contribution in [0.1, 0.15) is 5.56 Å². The van der Waals surface area contributed by atoms with Crippen LogP contribution < -0.4 is 10.1 Å². The van der Waals surface area contributed by atoms with E-state index in [1.165, 1.54) is 6.08 Å². The maximum Gasteiger partial charge on any atom is 0.266 e. The van der Waals surface area contributed by atoms with Crippen molar-refractivity contribution in [2.75, 3.05) is 12.4 Å². The van der Waals surface area contributed by atoms with Crippen molar-refractivity contribution in [1.82, 2.24) is 0 Å². The molecule has 0 spiro atoms. The Morgan fingerprint density at radius 1 is 1.35 bits per heavy atom. The summed E-state index contributed by atoms with van der Waals surface area (Å²) < 4.78 is 7.08.